The second-order valence-electron chi connectivity index (χ2n) is 8.88. The summed E-state index contributed by atoms with van der Waals surface area (Å²) in [5.41, 5.74) is 3.98. The van der Waals surface area contributed by atoms with Crippen molar-refractivity contribution in [2.75, 3.05) is 12.3 Å². The van der Waals surface area contributed by atoms with Crippen LogP contribution in [0.4, 0.5) is 22.7 Å². The standard InChI is InChI=1S/C28H27N7O6S2/c36-26-7-1-17(11-16(26)14-41-40)32-34-22-5-3-20(30-24(22)13-29-9-10-42)21-4-6-23(25(15-43)31-21)35-33-18-2-8-27(37)19(12-18)28(38)39/h1-8,11-12,29,36-37,40,42-43H,9-10,13-15H2,(H,38,39). The topological polar surface area (TPSA) is 194 Å². The molecular formula is C28H27N7O6S2. The van der Waals surface area contributed by atoms with Crippen LogP contribution in [-0.4, -0.2) is 48.8 Å². The van der Waals surface area contributed by atoms with Crippen molar-refractivity contribution in [2.45, 2.75) is 18.9 Å². The number of rotatable bonds is 13. The molecule has 13 nitrogen and oxygen atoms in total. The second kappa shape index (κ2) is 15.2. The molecule has 0 fully saturated rings. The average Bonchev–Trinajstić information content (AvgIpc) is 3.01. The van der Waals surface area contributed by atoms with E-state index in [1.54, 1.807) is 36.4 Å². The minimum absolute atomic E-state index is 0.0380. The quantitative estimate of drug-likeness (QED) is 0.0286. The highest BCUT2D eigenvalue weighted by Gasteiger charge is 2.13. The Kier molecular flexibility index (Phi) is 11.1. The molecule has 0 aliphatic heterocycles. The monoisotopic (exact) mass is 621 g/mol. The highest BCUT2D eigenvalue weighted by Crippen LogP contribution is 2.31. The fourth-order valence-electron chi connectivity index (χ4n) is 3.79. The number of phenols is 2. The summed E-state index contributed by atoms with van der Waals surface area (Å²) in [4.78, 5) is 24.8. The third kappa shape index (κ3) is 8.33. The van der Waals surface area contributed by atoms with Crippen molar-refractivity contribution in [1.29, 1.82) is 0 Å². The third-order valence-corrected chi connectivity index (χ3v) is 6.46. The SMILES string of the molecule is O=C(O)c1cc(N=Nc2ccc(-c3ccc(N=Nc4ccc(O)c(COO)c4)c(CNCCS)n3)nc2CS)ccc1O. The van der Waals surface area contributed by atoms with Crippen LogP contribution < -0.4 is 5.32 Å². The van der Waals surface area contributed by atoms with Gasteiger partial charge in [-0.25, -0.2) is 19.7 Å². The van der Waals surface area contributed by atoms with Crippen molar-refractivity contribution in [2.24, 2.45) is 20.5 Å². The number of carboxylic acids is 1. The summed E-state index contributed by atoms with van der Waals surface area (Å²) in [5.74, 6) is -0.805. The summed E-state index contributed by atoms with van der Waals surface area (Å²) in [5, 5.41) is 57.7. The van der Waals surface area contributed by atoms with Gasteiger partial charge in [-0.05, 0) is 60.7 Å². The number of nitrogens with zero attached hydrogens (tertiary/aromatic N) is 6. The molecule has 0 aliphatic carbocycles. The van der Waals surface area contributed by atoms with Gasteiger partial charge in [0, 0.05) is 30.2 Å². The van der Waals surface area contributed by atoms with E-state index in [9.17, 15) is 20.1 Å². The molecule has 0 radical (unpaired) electrons. The van der Waals surface area contributed by atoms with Crippen molar-refractivity contribution >= 4 is 54.0 Å². The molecule has 0 saturated carbocycles. The number of thiol groups is 2. The lowest BCUT2D eigenvalue weighted by atomic mass is 10.2. The fraction of sp³-hybridized carbons (Fsp3) is 0.179. The number of aromatic hydroxyl groups is 2. The molecule has 0 saturated heterocycles. The van der Waals surface area contributed by atoms with E-state index in [1.807, 2.05) is 0 Å². The number of hydrogen-bond acceptors (Lipinski definition) is 14. The van der Waals surface area contributed by atoms with Crippen molar-refractivity contribution in [1.82, 2.24) is 15.3 Å². The zero-order chi connectivity index (χ0) is 30.8. The van der Waals surface area contributed by atoms with Gasteiger partial charge in [0.2, 0.25) is 0 Å². The number of nitrogens with one attached hydrogen (secondary N) is 1. The Morgan fingerprint density at radius 3 is 2.02 bits per heavy atom. The first-order valence-electron chi connectivity index (χ1n) is 12.7. The van der Waals surface area contributed by atoms with Crippen LogP contribution in [0.25, 0.3) is 11.4 Å². The van der Waals surface area contributed by atoms with Gasteiger partial charge in [0.05, 0.1) is 34.2 Å². The van der Waals surface area contributed by atoms with Gasteiger partial charge in [0.25, 0.3) is 0 Å². The number of hydrogen-bond donors (Lipinski definition) is 7. The summed E-state index contributed by atoms with van der Waals surface area (Å²) in [6.45, 7) is 0.831. The van der Waals surface area contributed by atoms with Gasteiger partial charge in [0.1, 0.15) is 35.0 Å². The maximum absolute atomic E-state index is 11.3. The molecule has 222 valence electrons. The van der Waals surface area contributed by atoms with Crippen molar-refractivity contribution in [3.8, 4) is 22.9 Å². The Bertz CT molecular complexity index is 1670. The lowest BCUT2D eigenvalue weighted by Crippen LogP contribution is -2.16. The number of azo groups is 2. The summed E-state index contributed by atoms with van der Waals surface area (Å²) >= 11 is 8.62. The van der Waals surface area contributed by atoms with Gasteiger partial charge in [0.15, 0.2) is 0 Å². The predicted molar refractivity (Wildman–Crippen MR) is 165 cm³/mol. The van der Waals surface area contributed by atoms with Crippen LogP contribution in [0.5, 0.6) is 11.5 Å². The summed E-state index contributed by atoms with van der Waals surface area (Å²) in [6, 6.07) is 15.4. The van der Waals surface area contributed by atoms with Crippen molar-refractivity contribution < 1.29 is 30.3 Å². The minimum Gasteiger partial charge on any atom is -0.508 e. The molecule has 0 unspecified atom stereocenters. The maximum Gasteiger partial charge on any atom is 0.339 e. The van der Waals surface area contributed by atoms with Crippen LogP contribution in [0.15, 0.2) is 81.1 Å². The van der Waals surface area contributed by atoms with Gasteiger partial charge >= 0.3 is 5.97 Å². The van der Waals surface area contributed by atoms with E-state index in [0.717, 1.165) is 0 Å². The number of phenolic OH excluding ortho intramolecular Hbond substituents is 1. The molecule has 5 N–H and O–H groups in total. The normalized spacial score (nSPS) is 11.5. The molecule has 4 aromatic rings. The molecule has 2 heterocycles. The van der Waals surface area contributed by atoms with Gasteiger partial charge < -0.3 is 20.6 Å². The van der Waals surface area contributed by atoms with E-state index in [0.29, 0.717) is 64.2 Å². The van der Waals surface area contributed by atoms with Crippen LogP contribution in [0.3, 0.4) is 0 Å². The Labute approximate surface area is 256 Å². The molecule has 0 atom stereocenters. The van der Waals surface area contributed by atoms with E-state index in [4.69, 9.17) is 10.2 Å². The lowest BCUT2D eigenvalue weighted by molar-refractivity contribution is -0.253. The summed E-state index contributed by atoms with van der Waals surface area (Å²) in [7, 11) is 0. The molecule has 43 heavy (non-hydrogen) atoms. The van der Waals surface area contributed by atoms with Crippen LogP contribution in [0.1, 0.15) is 27.3 Å². The predicted octanol–water partition coefficient (Wildman–Crippen LogP) is 6.52. The zero-order valence-electron chi connectivity index (χ0n) is 22.5. The molecule has 2 aromatic heterocycles. The lowest BCUT2D eigenvalue weighted by Gasteiger charge is -2.10. The molecule has 0 spiro atoms. The summed E-state index contributed by atoms with van der Waals surface area (Å²) < 4.78 is 0. The van der Waals surface area contributed by atoms with Crippen molar-refractivity contribution in [3.63, 3.8) is 0 Å². The average molecular weight is 622 g/mol. The van der Waals surface area contributed by atoms with Gasteiger partial charge in [-0.1, -0.05) is 0 Å². The summed E-state index contributed by atoms with van der Waals surface area (Å²) in [6.07, 6.45) is 0. The largest absolute Gasteiger partial charge is 0.508 e. The first-order valence-corrected chi connectivity index (χ1v) is 14.0. The van der Waals surface area contributed by atoms with E-state index < -0.39 is 5.97 Å². The third-order valence-electron chi connectivity index (χ3n) is 5.93. The molecular weight excluding hydrogens is 594 g/mol. The van der Waals surface area contributed by atoms with Crippen LogP contribution in [0, 0.1) is 0 Å². The maximum atomic E-state index is 11.3. The number of carbonyl (C=O) groups is 1. The molecule has 2 aromatic carbocycles. The molecule has 0 amide bonds. The minimum atomic E-state index is -1.28. The Morgan fingerprint density at radius 2 is 1.42 bits per heavy atom. The fourth-order valence-corrected chi connectivity index (χ4v) is 4.18. The number of aromatic nitrogens is 2. The highest BCUT2D eigenvalue weighted by molar-refractivity contribution is 7.80. The van der Waals surface area contributed by atoms with E-state index in [1.165, 1.54) is 24.3 Å². The number of carboxylic acid groups (broad SMARTS) is 1. The zero-order valence-corrected chi connectivity index (χ0v) is 24.3. The Morgan fingerprint density at radius 1 is 0.814 bits per heavy atom. The molecule has 0 aliphatic rings. The van der Waals surface area contributed by atoms with Gasteiger partial charge in [-0.2, -0.15) is 35.5 Å². The van der Waals surface area contributed by atoms with Crippen LogP contribution in [-0.2, 0) is 23.8 Å². The van der Waals surface area contributed by atoms with Gasteiger partial charge in [-0.3, -0.25) is 5.26 Å². The van der Waals surface area contributed by atoms with E-state index >= 15 is 0 Å². The molecule has 15 heteroatoms. The van der Waals surface area contributed by atoms with E-state index in [-0.39, 0.29) is 35.1 Å². The van der Waals surface area contributed by atoms with Crippen molar-refractivity contribution in [3.05, 3.63) is 83.2 Å². The smallest absolute Gasteiger partial charge is 0.339 e. The number of aromatic carboxylic acids is 1. The molecule has 0 bridgehead atoms. The first-order chi connectivity index (χ1) is 20.8. The first kappa shape index (κ1) is 31.5. The Hall–Kier alpha value is -4.41. The van der Waals surface area contributed by atoms with Gasteiger partial charge in [-0.15, -0.1) is 10.2 Å². The number of pyridine rings is 2. The van der Waals surface area contributed by atoms with Crippen LogP contribution in [0.2, 0.25) is 0 Å². The molecule has 4 rings (SSSR count). The number of benzene rings is 2. The van der Waals surface area contributed by atoms with Crippen LogP contribution >= 0.6 is 25.3 Å². The second-order valence-corrected chi connectivity index (χ2v) is 9.64. The Balaban J connectivity index is 1.62. The van der Waals surface area contributed by atoms with E-state index in [2.05, 4.69) is 60.9 Å². The highest BCUT2D eigenvalue weighted by atomic mass is 32.1.